The molecule has 0 saturated carbocycles. The fourth-order valence-electron chi connectivity index (χ4n) is 2.67. The van der Waals surface area contributed by atoms with Crippen LogP contribution in [0.5, 0.6) is 0 Å². The van der Waals surface area contributed by atoms with Crippen molar-refractivity contribution in [3.63, 3.8) is 0 Å². The van der Waals surface area contributed by atoms with Gasteiger partial charge in [-0.15, -0.1) is 0 Å². The molecule has 3 aromatic heterocycles. The van der Waals surface area contributed by atoms with Gasteiger partial charge in [0.25, 0.3) is 0 Å². The smallest absolute Gasteiger partial charge is 0.160 e. The average molecular weight is 308 g/mol. The van der Waals surface area contributed by atoms with Gasteiger partial charge in [0.2, 0.25) is 0 Å². The number of rotatable bonds is 3. The summed E-state index contributed by atoms with van der Waals surface area (Å²) >= 11 is 0. The van der Waals surface area contributed by atoms with Gasteiger partial charge < -0.3 is 9.80 Å². The molecule has 4 rings (SSSR count). The molecule has 0 amide bonds. The van der Waals surface area contributed by atoms with Crippen molar-refractivity contribution in [1.29, 1.82) is 0 Å². The Morgan fingerprint density at radius 2 is 1.57 bits per heavy atom. The van der Waals surface area contributed by atoms with Crippen molar-refractivity contribution in [1.82, 2.24) is 29.7 Å². The Labute approximate surface area is 133 Å². The van der Waals surface area contributed by atoms with Gasteiger partial charge in [-0.1, -0.05) is 6.07 Å². The van der Waals surface area contributed by atoms with E-state index in [1.165, 1.54) is 6.33 Å². The highest BCUT2D eigenvalue weighted by Gasteiger charge is 2.19. The molecule has 8 heteroatoms. The lowest BCUT2D eigenvalue weighted by Crippen LogP contribution is -2.47. The van der Waals surface area contributed by atoms with E-state index in [-0.39, 0.29) is 0 Å². The lowest BCUT2D eigenvalue weighted by molar-refractivity contribution is 0.640. The third-order valence-corrected chi connectivity index (χ3v) is 3.87. The Morgan fingerprint density at radius 3 is 2.26 bits per heavy atom. The molecule has 1 saturated heterocycles. The predicted octanol–water partition coefficient (Wildman–Crippen LogP) is 0.779. The first-order chi connectivity index (χ1) is 11.4. The van der Waals surface area contributed by atoms with Crippen molar-refractivity contribution >= 4 is 11.6 Å². The second kappa shape index (κ2) is 5.99. The Bertz CT molecular complexity index is 750. The summed E-state index contributed by atoms with van der Waals surface area (Å²) in [6, 6.07) is 7.93. The van der Waals surface area contributed by atoms with Crippen LogP contribution in [-0.4, -0.2) is 55.9 Å². The largest absolute Gasteiger partial charge is 0.353 e. The van der Waals surface area contributed by atoms with E-state index in [4.69, 9.17) is 0 Å². The molecule has 4 heterocycles. The van der Waals surface area contributed by atoms with Gasteiger partial charge in [-0.05, 0) is 12.1 Å². The van der Waals surface area contributed by atoms with E-state index in [1.807, 2.05) is 30.5 Å². The van der Waals surface area contributed by atoms with Crippen LogP contribution < -0.4 is 9.80 Å². The highest BCUT2D eigenvalue weighted by molar-refractivity contribution is 5.46. The normalized spacial score (nSPS) is 15.0. The lowest BCUT2D eigenvalue weighted by Gasteiger charge is -2.36. The van der Waals surface area contributed by atoms with Crippen molar-refractivity contribution in [2.75, 3.05) is 36.0 Å². The molecule has 0 spiro atoms. The van der Waals surface area contributed by atoms with Crippen LogP contribution in [0, 0.1) is 0 Å². The monoisotopic (exact) mass is 308 g/mol. The van der Waals surface area contributed by atoms with Gasteiger partial charge in [-0.25, -0.2) is 24.6 Å². The molecule has 1 aliphatic heterocycles. The summed E-state index contributed by atoms with van der Waals surface area (Å²) in [5, 5.41) is 4.10. The summed E-state index contributed by atoms with van der Waals surface area (Å²) in [7, 11) is 0. The van der Waals surface area contributed by atoms with Crippen LogP contribution in [0.3, 0.4) is 0 Å². The van der Waals surface area contributed by atoms with Gasteiger partial charge in [0.15, 0.2) is 5.82 Å². The first kappa shape index (κ1) is 13.6. The van der Waals surface area contributed by atoms with E-state index in [2.05, 4.69) is 34.8 Å². The quantitative estimate of drug-likeness (QED) is 0.707. The molecular formula is C15H16N8. The molecule has 1 fully saturated rings. The van der Waals surface area contributed by atoms with Crippen LogP contribution in [0.15, 0.2) is 49.4 Å². The van der Waals surface area contributed by atoms with Crippen LogP contribution in [0.2, 0.25) is 0 Å². The predicted molar refractivity (Wildman–Crippen MR) is 85.6 cm³/mol. The maximum atomic E-state index is 4.41. The highest BCUT2D eigenvalue weighted by atomic mass is 15.4. The molecule has 3 aromatic rings. The van der Waals surface area contributed by atoms with Gasteiger partial charge in [0.1, 0.15) is 30.6 Å². The van der Waals surface area contributed by atoms with E-state index in [0.29, 0.717) is 0 Å². The zero-order chi connectivity index (χ0) is 15.5. The van der Waals surface area contributed by atoms with Crippen LogP contribution in [0.4, 0.5) is 11.6 Å². The number of pyridine rings is 1. The Balaban J connectivity index is 1.47. The molecule has 0 aromatic carbocycles. The molecule has 116 valence electrons. The third-order valence-electron chi connectivity index (χ3n) is 3.87. The first-order valence-electron chi connectivity index (χ1n) is 7.48. The van der Waals surface area contributed by atoms with Gasteiger partial charge in [0.05, 0.1) is 0 Å². The summed E-state index contributed by atoms with van der Waals surface area (Å²) in [4.78, 5) is 21.5. The van der Waals surface area contributed by atoms with Gasteiger partial charge in [0, 0.05) is 38.4 Å². The maximum Gasteiger partial charge on any atom is 0.160 e. The Morgan fingerprint density at radius 1 is 0.783 bits per heavy atom. The fraction of sp³-hybridized carbons (Fsp3) is 0.267. The molecular weight excluding hydrogens is 292 g/mol. The summed E-state index contributed by atoms with van der Waals surface area (Å²) in [5.41, 5.74) is 0. The molecule has 0 N–H and O–H groups in total. The average Bonchev–Trinajstić information content (AvgIpc) is 3.18. The van der Waals surface area contributed by atoms with Crippen molar-refractivity contribution in [2.45, 2.75) is 0 Å². The van der Waals surface area contributed by atoms with Crippen molar-refractivity contribution in [3.05, 3.63) is 49.4 Å². The van der Waals surface area contributed by atoms with E-state index >= 15 is 0 Å². The molecule has 0 aliphatic carbocycles. The molecule has 1 aliphatic rings. The number of hydrogen-bond acceptors (Lipinski definition) is 7. The number of piperazine rings is 1. The minimum Gasteiger partial charge on any atom is -0.353 e. The van der Waals surface area contributed by atoms with Gasteiger partial charge in [-0.3, -0.25) is 0 Å². The first-order valence-corrected chi connectivity index (χ1v) is 7.48. The van der Waals surface area contributed by atoms with Crippen LogP contribution >= 0.6 is 0 Å². The summed E-state index contributed by atoms with van der Waals surface area (Å²) in [5.74, 6) is 2.66. The minimum atomic E-state index is 0.722. The standard InChI is InChI=1S/C15H16N8/c1-2-4-17-13(3-1)21-5-7-22(8-6-21)14-9-15(19-11-18-14)23-12-16-10-20-23/h1-4,9-12H,5-8H2. The molecule has 0 bridgehead atoms. The second-order valence-corrected chi connectivity index (χ2v) is 5.24. The van der Waals surface area contributed by atoms with Crippen molar-refractivity contribution in [3.8, 4) is 5.82 Å². The van der Waals surface area contributed by atoms with Crippen LogP contribution in [0.25, 0.3) is 5.82 Å². The topological polar surface area (TPSA) is 75.9 Å². The van der Waals surface area contributed by atoms with Crippen LogP contribution in [-0.2, 0) is 0 Å². The molecule has 0 unspecified atom stereocenters. The second-order valence-electron chi connectivity index (χ2n) is 5.24. The summed E-state index contributed by atoms with van der Waals surface area (Å²) < 4.78 is 1.63. The maximum absolute atomic E-state index is 4.41. The van der Waals surface area contributed by atoms with E-state index < -0.39 is 0 Å². The highest BCUT2D eigenvalue weighted by Crippen LogP contribution is 2.18. The summed E-state index contributed by atoms with van der Waals surface area (Å²) in [6.45, 7) is 3.62. The molecule has 23 heavy (non-hydrogen) atoms. The fourth-order valence-corrected chi connectivity index (χ4v) is 2.67. The third kappa shape index (κ3) is 2.83. The molecule has 8 nitrogen and oxygen atoms in total. The zero-order valence-electron chi connectivity index (χ0n) is 12.5. The number of nitrogens with zero attached hydrogens (tertiary/aromatic N) is 8. The van der Waals surface area contributed by atoms with E-state index in [1.54, 1.807) is 17.3 Å². The minimum absolute atomic E-state index is 0.722. The SMILES string of the molecule is c1ccc(N2CCN(c3cc(-n4cncn4)ncn3)CC2)nc1. The zero-order valence-corrected chi connectivity index (χ0v) is 12.5. The molecule has 0 radical (unpaired) electrons. The Hall–Kier alpha value is -3.03. The van der Waals surface area contributed by atoms with E-state index in [9.17, 15) is 0 Å². The van der Waals surface area contributed by atoms with Crippen LogP contribution in [0.1, 0.15) is 0 Å². The number of hydrogen-bond donors (Lipinski definition) is 0. The number of anilines is 2. The van der Waals surface area contributed by atoms with E-state index in [0.717, 1.165) is 43.6 Å². The Kier molecular flexibility index (Phi) is 3.55. The van der Waals surface area contributed by atoms with Gasteiger partial charge in [-0.2, -0.15) is 5.10 Å². The molecule has 0 atom stereocenters. The number of aromatic nitrogens is 6. The lowest BCUT2D eigenvalue weighted by atomic mass is 10.3. The van der Waals surface area contributed by atoms with Crippen molar-refractivity contribution in [2.24, 2.45) is 0 Å². The van der Waals surface area contributed by atoms with Crippen molar-refractivity contribution < 1.29 is 0 Å². The van der Waals surface area contributed by atoms with Gasteiger partial charge >= 0.3 is 0 Å². The summed E-state index contributed by atoms with van der Waals surface area (Å²) in [6.07, 6.45) is 6.52.